The molecule has 1 saturated heterocycles. The molecule has 0 bridgehead atoms. The van der Waals surface area contributed by atoms with Crippen LogP contribution in [0.15, 0.2) is 47.4 Å². The standard InChI is InChI=1S/C19H21FN2O4S/c1-14-3-4-16(20)13-19(14)27(24,25)26-18-7-5-17(6-8-18)22-11-9-21(10-12-22)15(2)23/h3-8,13H,9-12H2,1-2H3. The Balaban J connectivity index is 1.71. The normalized spacial score (nSPS) is 14.9. The van der Waals surface area contributed by atoms with Crippen LogP contribution >= 0.6 is 0 Å². The fourth-order valence-corrected chi connectivity index (χ4v) is 4.18. The van der Waals surface area contributed by atoms with E-state index >= 15 is 0 Å². The Hall–Kier alpha value is -2.61. The Labute approximate surface area is 158 Å². The number of hydrogen-bond donors (Lipinski definition) is 0. The van der Waals surface area contributed by atoms with Crippen molar-refractivity contribution in [1.82, 2.24) is 4.90 Å². The Morgan fingerprint density at radius 2 is 1.67 bits per heavy atom. The summed E-state index contributed by atoms with van der Waals surface area (Å²) in [6.07, 6.45) is 0. The highest BCUT2D eigenvalue weighted by Crippen LogP contribution is 2.25. The highest BCUT2D eigenvalue weighted by atomic mass is 32.2. The summed E-state index contributed by atoms with van der Waals surface area (Å²) in [5.74, 6) is -0.413. The van der Waals surface area contributed by atoms with Gasteiger partial charge in [0.25, 0.3) is 0 Å². The summed E-state index contributed by atoms with van der Waals surface area (Å²) in [5, 5.41) is 0. The molecule has 8 heteroatoms. The average Bonchev–Trinajstić information content (AvgIpc) is 2.64. The minimum Gasteiger partial charge on any atom is -0.379 e. The van der Waals surface area contributed by atoms with Crippen molar-refractivity contribution in [2.45, 2.75) is 18.7 Å². The van der Waals surface area contributed by atoms with Gasteiger partial charge >= 0.3 is 10.1 Å². The SMILES string of the molecule is CC(=O)N1CCN(c2ccc(OS(=O)(=O)c3cc(F)ccc3C)cc2)CC1. The van der Waals surface area contributed by atoms with E-state index in [2.05, 4.69) is 4.90 Å². The van der Waals surface area contributed by atoms with E-state index in [1.807, 2.05) is 0 Å². The second kappa shape index (κ2) is 7.56. The van der Waals surface area contributed by atoms with Gasteiger partial charge in [0.1, 0.15) is 16.5 Å². The van der Waals surface area contributed by atoms with Crippen LogP contribution in [0.5, 0.6) is 5.75 Å². The zero-order chi connectivity index (χ0) is 19.6. The number of hydrogen-bond acceptors (Lipinski definition) is 5. The molecule has 0 spiro atoms. The molecule has 1 fully saturated rings. The predicted molar refractivity (Wildman–Crippen MR) is 99.9 cm³/mol. The van der Waals surface area contributed by atoms with E-state index < -0.39 is 15.9 Å². The first-order chi connectivity index (χ1) is 12.8. The van der Waals surface area contributed by atoms with Crippen LogP contribution in [-0.2, 0) is 14.9 Å². The lowest BCUT2D eigenvalue weighted by molar-refractivity contribution is -0.129. The van der Waals surface area contributed by atoms with Gasteiger partial charge in [0.2, 0.25) is 5.91 Å². The zero-order valence-electron chi connectivity index (χ0n) is 15.2. The Kier molecular flexibility index (Phi) is 5.36. The highest BCUT2D eigenvalue weighted by molar-refractivity contribution is 7.87. The molecule has 1 amide bonds. The van der Waals surface area contributed by atoms with E-state index in [1.54, 1.807) is 43.0 Å². The van der Waals surface area contributed by atoms with Gasteiger partial charge in [0.05, 0.1) is 0 Å². The van der Waals surface area contributed by atoms with E-state index in [0.717, 1.165) is 11.8 Å². The third-order valence-corrected chi connectivity index (χ3v) is 5.94. The lowest BCUT2D eigenvalue weighted by Crippen LogP contribution is -2.48. The molecule has 0 unspecified atom stereocenters. The lowest BCUT2D eigenvalue weighted by atomic mass is 10.2. The average molecular weight is 392 g/mol. The monoisotopic (exact) mass is 392 g/mol. The fraction of sp³-hybridized carbons (Fsp3) is 0.316. The van der Waals surface area contributed by atoms with Crippen molar-refractivity contribution < 1.29 is 21.8 Å². The highest BCUT2D eigenvalue weighted by Gasteiger charge is 2.21. The lowest BCUT2D eigenvalue weighted by Gasteiger charge is -2.35. The molecule has 0 N–H and O–H groups in total. The van der Waals surface area contributed by atoms with Crippen LogP contribution in [0, 0.1) is 12.7 Å². The number of amides is 1. The topological polar surface area (TPSA) is 66.9 Å². The molecule has 3 rings (SSSR count). The van der Waals surface area contributed by atoms with Crippen LogP contribution in [0.1, 0.15) is 12.5 Å². The number of benzene rings is 2. The summed E-state index contributed by atoms with van der Waals surface area (Å²) < 4.78 is 43.4. The van der Waals surface area contributed by atoms with Crippen molar-refractivity contribution >= 4 is 21.7 Å². The van der Waals surface area contributed by atoms with Crippen LogP contribution in [0.3, 0.4) is 0 Å². The van der Waals surface area contributed by atoms with Gasteiger partial charge in [-0.05, 0) is 48.9 Å². The molecule has 27 heavy (non-hydrogen) atoms. The number of aryl methyl sites for hydroxylation is 1. The molecule has 0 saturated carbocycles. The molecular formula is C19H21FN2O4S. The molecule has 0 aliphatic carbocycles. The quantitative estimate of drug-likeness (QED) is 0.748. The van der Waals surface area contributed by atoms with Crippen molar-refractivity contribution in [3.63, 3.8) is 0 Å². The van der Waals surface area contributed by atoms with Crippen LogP contribution < -0.4 is 9.08 Å². The van der Waals surface area contributed by atoms with Gasteiger partial charge in [-0.15, -0.1) is 0 Å². The van der Waals surface area contributed by atoms with Crippen molar-refractivity contribution in [2.24, 2.45) is 0 Å². The number of carbonyl (C=O) groups excluding carboxylic acids is 1. The maximum absolute atomic E-state index is 13.4. The maximum Gasteiger partial charge on any atom is 0.339 e. The zero-order valence-corrected chi connectivity index (χ0v) is 16.0. The first-order valence-corrected chi connectivity index (χ1v) is 9.98. The van der Waals surface area contributed by atoms with Crippen LogP contribution in [-0.4, -0.2) is 45.4 Å². The van der Waals surface area contributed by atoms with Gasteiger partial charge < -0.3 is 14.0 Å². The molecule has 0 radical (unpaired) electrons. The van der Waals surface area contributed by atoms with Gasteiger partial charge in [-0.1, -0.05) is 6.07 Å². The largest absolute Gasteiger partial charge is 0.379 e. The van der Waals surface area contributed by atoms with E-state index in [-0.39, 0.29) is 16.6 Å². The van der Waals surface area contributed by atoms with Crippen LogP contribution in [0.25, 0.3) is 0 Å². The second-order valence-electron chi connectivity index (χ2n) is 6.43. The summed E-state index contributed by atoms with van der Waals surface area (Å²) in [7, 11) is -4.12. The Morgan fingerprint density at radius 3 is 2.26 bits per heavy atom. The molecule has 2 aromatic rings. The molecular weight excluding hydrogens is 371 g/mol. The van der Waals surface area contributed by atoms with E-state index in [0.29, 0.717) is 31.7 Å². The summed E-state index contributed by atoms with van der Waals surface area (Å²) in [6.45, 7) is 5.87. The fourth-order valence-electron chi connectivity index (χ4n) is 3.01. The maximum atomic E-state index is 13.4. The number of nitrogens with zero attached hydrogens (tertiary/aromatic N) is 2. The van der Waals surface area contributed by atoms with Crippen molar-refractivity contribution in [1.29, 1.82) is 0 Å². The molecule has 1 heterocycles. The Bertz CT molecular complexity index is 937. The van der Waals surface area contributed by atoms with Gasteiger partial charge in [0.15, 0.2) is 0 Å². The number of carbonyl (C=O) groups is 1. The smallest absolute Gasteiger partial charge is 0.339 e. The number of halogens is 1. The molecule has 1 aliphatic heterocycles. The third kappa shape index (κ3) is 4.39. The van der Waals surface area contributed by atoms with Gasteiger partial charge in [-0.25, -0.2) is 4.39 Å². The van der Waals surface area contributed by atoms with E-state index in [1.165, 1.54) is 12.1 Å². The van der Waals surface area contributed by atoms with Crippen molar-refractivity contribution in [2.75, 3.05) is 31.1 Å². The molecule has 2 aromatic carbocycles. The van der Waals surface area contributed by atoms with E-state index in [9.17, 15) is 17.6 Å². The minimum absolute atomic E-state index is 0.0660. The second-order valence-corrected chi connectivity index (χ2v) is 7.95. The number of rotatable bonds is 4. The van der Waals surface area contributed by atoms with Crippen molar-refractivity contribution in [3.8, 4) is 5.75 Å². The summed E-state index contributed by atoms with van der Waals surface area (Å²) in [5.41, 5.74) is 1.33. The van der Waals surface area contributed by atoms with Crippen LogP contribution in [0.4, 0.5) is 10.1 Å². The number of anilines is 1. The first kappa shape index (κ1) is 19.2. The number of piperazine rings is 1. The Morgan fingerprint density at radius 1 is 1.04 bits per heavy atom. The first-order valence-electron chi connectivity index (χ1n) is 8.57. The van der Waals surface area contributed by atoms with Crippen LogP contribution in [0.2, 0.25) is 0 Å². The minimum atomic E-state index is -4.12. The van der Waals surface area contributed by atoms with Gasteiger partial charge in [0, 0.05) is 38.8 Å². The van der Waals surface area contributed by atoms with Crippen molar-refractivity contribution in [3.05, 3.63) is 53.8 Å². The molecule has 6 nitrogen and oxygen atoms in total. The van der Waals surface area contributed by atoms with Gasteiger partial charge in [-0.3, -0.25) is 4.79 Å². The van der Waals surface area contributed by atoms with Gasteiger partial charge in [-0.2, -0.15) is 8.42 Å². The van der Waals surface area contributed by atoms with E-state index in [4.69, 9.17) is 4.18 Å². The summed E-state index contributed by atoms with van der Waals surface area (Å²) in [6, 6.07) is 10.2. The summed E-state index contributed by atoms with van der Waals surface area (Å²) >= 11 is 0. The summed E-state index contributed by atoms with van der Waals surface area (Å²) in [4.78, 5) is 15.1. The molecule has 1 aliphatic rings. The molecule has 144 valence electrons. The molecule has 0 aromatic heterocycles. The molecule has 0 atom stereocenters. The third-order valence-electron chi connectivity index (χ3n) is 4.55. The predicted octanol–water partition coefficient (Wildman–Crippen LogP) is 2.57.